The maximum Gasteiger partial charge on any atom is 0.243 e. The Morgan fingerprint density at radius 2 is 1.88 bits per heavy atom. The molecule has 7 heteroatoms. The standard InChI is InChI=1S/C18H23N3O3S/c1-15-13-17(24-2)6-7-18(15)25(22,23)21-11-9-20(10-12-21)14-16-5-3-4-8-19-16/h3-8,13H,9-12,14H2,1-2H3. The Balaban J connectivity index is 1.67. The molecule has 0 atom stereocenters. The van der Waals surface area contributed by atoms with E-state index < -0.39 is 10.0 Å². The maximum atomic E-state index is 12.9. The molecule has 1 aliphatic rings. The molecular formula is C18H23N3O3S. The molecule has 6 nitrogen and oxygen atoms in total. The number of methoxy groups -OCH3 is 1. The summed E-state index contributed by atoms with van der Waals surface area (Å²) in [5.41, 5.74) is 1.71. The predicted molar refractivity (Wildman–Crippen MR) is 96.0 cm³/mol. The van der Waals surface area contributed by atoms with E-state index in [0.29, 0.717) is 42.4 Å². The number of aromatic nitrogens is 1. The number of pyridine rings is 1. The molecule has 0 bridgehead atoms. The van der Waals surface area contributed by atoms with Crippen LogP contribution < -0.4 is 4.74 Å². The number of benzene rings is 1. The fourth-order valence-electron chi connectivity index (χ4n) is 3.03. The van der Waals surface area contributed by atoms with Gasteiger partial charge in [-0.2, -0.15) is 4.31 Å². The number of nitrogens with zero attached hydrogens (tertiary/aromatic N) is 3. The third kappa shape index (κ3) is 4.00. The summed E-state index contributed by atoms with van der Waals surface area (Å²) in [6.45, 7) is 4.92. The van der Waals surface area contributed by atoms with E-state index in [-0.39, 0.29) is 0 Å². The number of aryl methyl sites for hydroxylation is 1. The first kappa shape index (κ1) is 17.8. The summed E-state index contributed by atoms with van der Waals surface area (Å²) < 4.78 is 32.6. The van der Waals surface area contributed by atoms with Crippen LogP contribution in [0.5, 0.6) is 5.75 Å². The van der Waals surface area contributed by atoms with Crippen LogP contribution in [0.4, 0.5) is 0 Å². The zero-order chi connectivity index (χ0) is 17.9. The van der Waals surface area contributed by atoms with Crippen molar-refractivity contribution in [3.05, 3.63) is 53.9 Å². The second-order valence-electron chi connectivity index (χ2n) is 6.13. The van der Waals surface area contributed by atoms with Gasteiger partial charge in [0.05, 0.1) is 17.7 Å². The minimum Gasteiger partial charge on any atom is -0.497 e. The van der Waals surface area contributed by atoms with Crippen LogP contribution in [-0.2, 0) is 16.6 Å². The molecule has 134 valence electrons. The second-order valence-corrected chi connectivity index (χ2v) is 8.04. The van der Waals surface area contributed by atoms with Gasteiger partial charge in [0.25, 0.3) is 0 Å². The van der Waals surface area contributed by atoms with Gasteiger partial charge in [-0.25, -0.2) is 8.42 Å². The minimum absolute atomic E-state index is 0.353. The summed E-state index contributed by atoms with van der Waals surface area (Å²) in [5, 5.41) is 0. The summed E-state index contributed by atoms with van der Waals surface area (Å²) in [5.74, 6) is 0.664. The first-order valence-electron chi connectivity index (χ1n) is 8.28. The van der Waals surface area contributed by atoms with E-state index in [0.717, 1.165) is 12.2 Å². The SMILES string of the molecule is COc1ccc(S(=O)(=O)N2CCN(Cc3ccccn3)CC2)c(C)c1. The van der Waals surface area contributed by atoms with Gasteiger partial charge in [-0.05, 0) is 42.8 Å². The average Bonchev–Trinajstić information content (AvgIpc) is 2.62. The molecule has 2 aromatic rings. The van der Waals surface area contributed by atoms with Gasteiger partial charge in [0, 0.05) is 38.9 Å². The van der Waals surface area contributed by atoms with Crippen LogP contribution in [-0.4, -0.2) is 55.9 Å². The van der Waals surface area contributed by atoms with Crippen LogP contribution in [0, 0.1) is 6.92 Å². The summed E-state index contributed by atoms with van der Waals surface area (Å²) in [6, 6.07) is 10.9. The Labute approximate surface area is 149 Å². The highest BCUT2D eigenvalue weighted by atomic mass is 32.2. The maximum absolute atomic E-state index is 12.9. The molecule has 0 amide bonds. The predicted octanol–water partition coefficient (Wildman–Crippen LogP) is 1.91. The highest BCUT2D eigenvalue weighted by Crippen LogP contribution is 2.25. The van der Waals surface area contributed by atoms with E-state index in [4.69, 9.17) is 4.74 Å². The normalized spacial score (nSPS) is 16.7. The molecule has 1 aromatic carbocycles. The Hall–Kier alpha value is -1.96. The number of rotatable bonds is 5. The number of hydrogen-bond donors (Lipinski definition) is 0. The lowest BCUT2D eigenvalue weighted by molar-refractivity contribution is 0.180. The van der Waals surface area contributed by atoms with Crippen molar-refractivity contribution in [2.45, 2.75) is 18.4 Å². The van der Waals surface area contributed by atoms with E-state index in [2.05, 4.69) is 9.88 Å². The van der Waals surface area contributed by atoms with E-state index in [1.165, 1.54) is 0 Å². The molecule has 0 radical (unpaired) electrons. The van der Waals surface area contributed by atoms with Gasteiger partial charge < -0.3 is 4.74 Å². The zero-order valence-electron chi connectivity index (χ0n) is 14.6. The van der Waals surface area contributed by atoms with E-state index in [9.17, 15) is 8.42 Å². The average molecular weight is 361 g/mol. The molecule has 0 N–H and O–H groups in total. The highest BCUT2D eigenvalue weighted by molar-refractivity contribution is 7.89. The van der Waals surface area contributed by atoms with Crippen molar-refractivity contribution in [3.63, 3.8) is 0 Å². The van der Waals surface area contributed by atoms with Crippen LogP contribution in [0.25, 0.3) is 0 Å². The van der Waals surface area contributed by atoms with Gasteiger partial charge in [-0.1, -0.05) is 6.07 Å². The lowest BCUT2D eigenvalue weighted by Crippen LogP contribution is -2.48. The molecule has 2 heterocycles. The van der Waals surface area contributed by atoms with Crippen molar-refractivity contribution >= 4 is 10.0 Å². The van der Waals surface area contributed by atoms with E-state index in [1.807, 2.05) is 18.2 Å². The van der Waals surface area contributed by atoms with Crippen LogP contribution in [0.2, 0.25) is 0 Å². The molecule has 0 saturated carbocycles. The topological polar surface area (TPSA) is 62.7 Å². The largest absolute Gasteiger partial charge is 0.497 e. The molecule has 1 fully saturated rings. The van der Waals surface area contributed by atoms with Crippen molar-refractivity contribution in [2.24, 2.45) is 0 Å². The molecule has 0 spiro atoms. The van der Waals surface area contributed by atoms with E-state index in [1.54, 1.807) is 42.7 Å². The third-order valence-corrected chi connectivity index (χ3v) is 6.50. The molecule has 25 heavy (non-hydrogen) atoms. The Kier molecular flexibility index (Phi) is 5.36. The fraction of sp³-hybridized carbons (Fsp3) is 0.389. The second kappa shape index (κ2) is 7.51. The van der Waals surface area contributed by atoms with Gasteiger partial charge in [-0.3, -0.25) is 9.88 Å². The van der Waals surface area contributed by atoms with Gasteiger partial charge in [0.15, 0.2) is 0 Å². The smallest absolute Gasteiger partial charge is 0.243 e. The van der Waals surface area contributed by atoms with Crippen molar-refractivity contribution in [2.75, 3.05) is 33.3 Å². The van der Waals surface area contributed by atoms with Gasteiger partial charge in [-0.15, -0.1) is 0 Å². The molecule has 1 saturated heterocycles. The molecule has 3 rings (SSSR count). The van der Waals surface area contributed by atoms with Crippen molar-refractivity contribution < 1.29 is 13.2 Å². The summed E-state index contributed by atoms with van der Waals surface area (Å²) in [6.07, 6.45) is 1.78. The number of hydrogen-bond acceptors (Lipinski definition) is 5. The lowest BCUT2D eigenvalue weighted by atomic mass is 10.2. The van der Waals surface area contributed by atoms with Crippen molar-refractivity contribution in [1.29, 1.82) is 0 Å². The first-order valence-corrected chi connectivity index (χ1v) is 9.72. The monoisotopic (exact) mass is 361 g/mol. The summed E-state index contributed by atoms with van der Waals surface area (Å²) >= 11 is 0. The van der Waals surface area contributed by atoms with Gasteiger partial charge >= 0.3 is 0 Å². The third-order valence-electron chi connectivity index (χ3n) is 4.44. The van der Waals surface area contributed by atoms with Crippen LogP contribution in [0.15, 0.2) is 47.5 Å². The fourth-order valence-corrected chi connectivity index (χ4v) is 4.65. The van der Waals surface area contributed by atoms with Crippen LogP contribution in [0.1, 0.15) is 11.3 Å². The first-order chi connectivity index (χ1) is 12.0. The van der Waals surface area contributed by atoms with Crippen molar-refractivity contribution in [3.8, 4) is 5.75 Å². The number of piperazine rings is 1. The molecule has 0 aliphatic carbocycles. The van der Waals surface area contributed by atoms with Crippen LogP contribution in [0.3, 0.4) is 0 Å². The Morgan fingerprint density at radius 1 is 1.12 bits per heavy atom. The number of ether oxygens (including phenoxy) is 1. The van der Waals surface area contributed by atoms with Crippen molar-refractivity contribution in [1.82, 2.24) is 14.2 Å². The Bertz CT molecular complexity index is 817. The molecule has 1 aromatic heterocycles. The molecule has 0 unspecified atom stereocenters. The van der Waals surface area contributed by atoms with Gasteiger partial charge in [0.2, 0.25) is 10.0 Å². The lowest BCUT2D eigenvalue weighted by Gasteiger charge is -2.34. The minimum atomic E-state index is -3.48. The highest BCUT2D eigenvalue weighted by Gasteiger charge is 2.29. The zero-order valence-corrected chi connectivity index (χ0v) is 15.4. The molecular weight excluding hydrogens is 338 g/mol. The van der Waals surface area contributed by atoms with E-state index >= 15 is 0 Å². The van der Waals surface area contributed by atoms with Crippen LogP contribution >= 0.6 is 0 Å². The van der Waals surface area contributed by atoms with Gasteiger partial charge in [0.1, 0.15) is 5.75 Å². The Morgan fingerprint density at radius 3 is 2.48 bits per heavy atom. The summed E-state index contributed by atoms with van der Waals surface area (Å²) in [7, 11) is -1.91. The summed E-state index contributed by atoms with van der Waals surface area (Å²) in [4.78, 5) is 6.92. The quantitative estimate of drug-likeness (QED) is 0.814. The number of sulfonamides is 1. The molecule has 1 aliphatic heterocycles.